The first kappa shape index (κ1) is 12.9. The Kier molecular flexibility index (Phi) is 4.47. The number of halogens is 3. The van der Waals surface area contributed by atoms with Gasteiger partial charge in [-0.15, -0.1) is 11.6 Å². The van der Waals surface area contributed by atoms with E-state index in [-0.39, 0.29) is 17.4 Å². The molecular weight excluding hydrogens is 400 g/mol. The molecule has 0 N–H and O–H groups in total. The van der Waals surface area contributed by atoms with E-state index >= 15 is 0 Å². The first-order chi connectivity index (χ1) is 6.99. The molecule has 0 atom stereocenters. The monoisotopic (exact) mass is 403 g/mol. The second kappa shape index (κ2) is 5.22. The lowest BCUT2D eigenvalue weighted by molar-refractivity contribution is -0.385. The van der Waals surface area contributed by atoms with Crippen molar-refractivity contribution in [1.29, 1.82) is 0 Å². The van der Waals surface area contributed by atoms with E-state index in [0.717, 1.165) is 0 Å². The maximum Gasteiger partial charge on any atom is 0.284 e. The molecule has 1 rings (SSSR count). The van der Waals surface area contributed by atoms with Crippen molar-refractivity contribution >= 4 is 61.6 Å². The molecule has 7 heteroatoms. The number of carbonyl (C=O) groups is 1. The lowest BCUT2D eigenvalue weighted by Gasteiger charge is -2.03. The minimum atomic E-state index is -0.513. The summed E-state index contributed by atoms with van der Waals surface area (Å²) in [4.78, 5) is 21.4. The quantitative estimate of drug-likeness (QED) is 0.255. The van der Waals surface area contributed by atoms with E-state index in [1.807, 2.05) is 22.6 Å². The maximum atomic E-state index is 11.3. The number of Topliss-reactive ketones (excluding diaryl/α,β-unsaturated/α-hetero) is 1. The first-order valence-corrected chi connectivity index (χ1v) is 6.11. The molecule has 0 aromatic heterocycles. The van der Waals surface area contributed by atoms with Crippen LogP contribution in [0.2, 0.25) is 0 Å². The Bertz CT molecular complexity index is 438. The molecule has 15 heavy (non-hydrogen) atoms. The fourth-order valence-electron chi connectivity index (χ4n) is 0.968. The lowest BCUT2D eigenvalue weighted by Crippen LogP contribution is -2.04. The number of benzene rings is 1. The average molecular weight is 404 g/mol. The third-order valence-corrected chi connectivity index (χ3v) is 4.59. The van der Waals surface area contributed by atoms with Gasteiger partial charge in [-0.05, 0) is 44.6 Å². The zero-order valence-corrected chi connectivity index (χ0v) is 11.7. The Morgan fingerprint density at radius 3 is 2.67 bits per heavy atom. The van der Waals surface area contributed by atoms with Crippen LogP contribution in [0, 0.1) is 13.7 Å². The molecule has 0 bridgehead atoms. The summed E-state index contributed by atoms with van der Waals surface area (Å²) in [5.41, 5.74) is 0.327. The molecule has 0 amide bonds. The number of rotatable bonds is 3. The van der Waals surface area contributed by atoms with Crippen LogP contribution in [0.3, 0.4) is 0 Å². The van der Waals surface area contributed by atoms with Gasteiger partial charge < -0.3 is 0 Å². The molecule has 0 aliphatic carbocycles. The fraction of sp³-hybridized carbons (Fsp3) is 0.125. The van der Waals surface area contributed by atoms with E-state index in [0.29, 0.717) is 13.6 Å². The van der Waals surface area contributed by atoms with Crippen molar-refractivity contribution in [2.75, 3.05) is 5.88 Å². The number of carbonyl (C=O) groups excluding carboxylic acids is 1. The van der Waals surface area contributed by atoms with E-state index in [1.54, 1.807) is 0 Å². The molecule has 0 aliphatic rings. The predicted molar refractivity (Wildman–Crippen MR) is 68.6 cm³/mol. The summed E-state index contributed by atoms with van der Waals surface area (Å²) >= 11 is 10.4. The lowest BCUT2D eigenvalue weighted by atomic mass is 10.1. The number of nitro groups is 1. The van der Waals surface area contributed by atoms with E-state index in [9.17, 15) is 14.9 Å². The van der Waals surface area contributed by atoms with Crippen molar-refractivity contribution in [3.63, 3.8) is 0 Å². The summed E-state index contributed by atoms with van der Waals surface area (Å²) in [5.74, 6) is -0.392. The van der Waals surface area contributed by atoms with Crippen molar-refractivity contribution < 1.29 is 9.72 Å². The molecule has 0 saturated carbocycles. The summed E-state index contributed by atoms with van der Waals surface area (Å²) in [5, 5.41) is 10.6. The highest BCUT2D eigenvalue weighted by molar-refractivity contribution is 14.1. The molecule has 1 aromatic carbocycles. The van der Waals surface area contributed by atoms with Crippen LogP contribution in [0.5, 0.6) is 0 Å². The van der Waals surface area contributed by atoms with Crippen molar-refractivity contribution in [2.24, 2.45) is 0 Å². The molecular formula is C8H4BrClINO3. The first-order valence-electron chi connectivity index (χ1n) is 3.70. The van der Waals surface area contributed by atoms with Gasteiger partial charge in [0.05, 0.1) is 10.8 Å². The largest absolute Gasteiger partial charge is 0.293 e. The summed E-state index contributed by atoms with van der Waals surface area (Å²) in [6.07, 6.45) is 0. The second-order valence-electron chi connectivity index (χ2n) is 2.57. The molecule has 0 heterocycles. The van der Waals surface area contributed by atoms with Gasteiger partial charge in [0.25, 0.3) is 5.69 Å². The molecule has 80 valence electrons. The second-order valence-corrected chi connectivity index (χ2v) is 4.71. The summed E-state index contributed by atoms with van der Waals surface area (Å²) < 4.78 is 0.816. The van der Waals surface area contributed by atoms with Crippen LogP contribution in [0.4, 0.5) is 5.69 Å². The Morgan fingerprint density at radius 2 is 2.20 bits per heavy atom. The minimum Gasteiger partial charge on any atom is -0.293 e. The molecule has 4 nitrogen and oxygen atoms in total. The Morgan fingerprint density at radius 1 is 1.60 bits per heavy atom. The standard InChI is InChI=1S/C8H4BrClINO3/c9-7-5(12(14)15)2-1-4(8(7)11)6(13)3-10/h1-2H,3H2. The molecule has 0 radical (unpaired) electrons. The zero-order chi connectivity index (χ0) is 11.6. The van der Waals surface area contributed by atoms with Gasteiger partial charge in [0, 0.05) is 15.2 Å². The van der Waals surface area contributed by atoms with Gasteiger partial charge in [0.15, 0.2) is 5.78 Å². The molecule has 0 unspecified atom stereocenters. The Hall–Kier alpha value is -0.210. The highest BCUT2D eigenvalue weighted by atomic mass is 127. The van der Waals surface area contributed by atoms with E-state index in [1.165, 1.54) is 12.1 Å². The van der Waals surface area contributed by atoms with E-state index in [4.69, 9.17) is 11.6 Å². The van der Waals surface area contributed by atoms with Crippen molar-refractivity contribution in [1.82, 2.24) is 0 Å². The number of ketones is 1. The van der Waals surface area contributed by atoms with Crippen LogP contribution in [0.15, 0.2) is 16.6 Å². The van der Waals surface area contributed by atoms with Crippen LogP contribution in [-0.4, -0.2) is 16.6 Å². The van der Waals surface area contributed by atoms with Crippen LogP contribution >= 0.6 is 50.1 Å². The van der Waals surface area contributed by atoms with Crippen LogP contribution in [0.25, 0.3) is 0 Å². The fourth-order valence-corrected chi connectivity index (χ4v) is 2.36. The van der Waals surface area contributed by atoms with Gasteiger partial charge in [-0.2, -0.15) is 0 Å². The van der Waals surface area contributed by atoms with Gasteiger partial charge in [0.2, 0.25) is 0 Å². The van der Waals surface area contributed by atoms with Crippen LogP contribution in [0.1, 0.15) is 10.4 Å². The van der Waals surface area contributed by atoms with E-state index < -0.39 is 4.92 Å². The summed E-state index contributed by atoms with van der Waals surface area (Å²) in [6.45, 7) is 0. The Labute approximate surface area is 112 Å². The third-order valence-electron chi connectivity index (χ3n) is 1.68. The van der Waals surface area contributed by atoms with Gasteiger partial charge in [-0.3, -0.25) is 14.9 Å². The van der Waals surface area contributed by atoms with Gasteiger partial charge >= 0.3 is 0 Å². The van der Waals surface area contributed by atoms with Gasteiger partial charge in [-0.25, -0.2) is 0 Å². The molecule has 0 spiro atoms. The maximum absolute atomic E-state index is 11.3. The van der Waals surface area contributed by atoms with Crippen molar-refractivity contribution in [3.8, 4) is 0 Å². The van der Waals surface area contributed by atoms with Crippen LogP contribution < -0.4 is 0 Å². The van der Waals surface area contributed by atoms with Gasteiger partial charge in [0.1, 0.15) is 4.47 Å². The number of alkyl halides is 1. The van der Waals surface area contributed by atoms with Crippen molar-refractivity contribution in [3.05, 3.63) is 35.9 Å². The number of hydrogen-bond acceptors (Lipinski definition) is 3. The van der Waals surface area contributed by atoms with Crippen LogP contribution in [-0.2, 0) is 0 Å². The molecule has 1 aromatic rings. The SMILES string of the molecule is O=C(CCl)c1ccc([N+](=O)[O-])c(Br)c1I. The van der Waals surface area contributed by atoms with Gasteiger partial charge in [-0.1, -0.05) is 0 Å². The van der Waals surface area contributed by atoms with Crippen molar-refractivity contribution in [2.45, 2.75) is 0 Å². The number of nitro benzene ring substituents is 1. The summed E-state index contributed by atoms with van der Waals surface area (Å²) in [7, 11) is 0. The third kappa shape index (κ3) is 2.67. The molecule has 0 aliphatic heterocycles. The number of hydrogen-bond donors (Lipinski definition) is 0. The molecule has 0 saturated heterocycles. The number of nitrogens with zero attached hydrogens (tertiary/aromatic N) is 1. The highest BCUT2D eigenvalue weighted by Gasteiger charge is 2.19. The highest BCUT2D eigenvalue weighted by Crippen LogP contribution is 2.32. The molecule has 0 fully saturated rings. The minimum absolute atomic E-state index is 0.0643. The zero-order valence-electron chi connectivity index (χ0n) is 7.17. The van der Waals surface area contributed by atoms with E-state index in [2.05, 4.69) is 15.9 Å². The predicted octanol–water partition coefficient (Wildman–Crippen LogP) is 3.38. The smallest absolute Gasteiger partial charge is 0.284 e. The summed E-state index contributed by atoms with van der Waals surface area (Å²) in [6, 6.07) is 2.70. The Balaban J connectivity index is 3.33. The topological polar surface area (TPSA) is 60.2 Å². The normalized spacial score (nSPS) is 10.1. The average Bonchev–Trinajstić information content (AvgIpc) is 2.20.